The fraction of sp³-hybridized carbons (Fsp3) is 0.481. The number of nitrogens with one attached hydrogen (secondary N) is 1. The van der Waals surface area contributed by atoms with Crippen molar-refractivity contribution in [2.45, 2.75) is 58.9 Å². The molecular weight excluding hydrogens is 450 g/mol. The third-order valence-electron chi connectivity index (χ3n) is 5.86. The lowest BCUT2D eigenvalue weighted by Crippen LogP contribution is -2.27. The van der Waals surface area contributed by atoms with Gasteiger partial charge in [0.05, 0.1) is 17.6 Å². The van der Waals surface area contributed by atoms with E-state index in [1.807, 2.05) is 32.0 Å². The molecular formula is C27H36ClN3O3. The van der Waals surface area contributed by atoms with E-state index in [1.54, 1.807) is 0 Å². The first-order chi connectivity index (χ1) is 16.5. The number of imidazole rings is 1. The molecule has 184 valence electrons. The van der Waals surface area contributed by atoms with E-state index in [-0.39, 0.29) is 12.5 Å². The van der Waals surface area contributed by atoms with Crippen molar-refractivity contribution in [3.8, 4) is 5.75 Å². The van der Waals surface area contributed by atoms with Gasteiger partial charge < -0.3 is 19.4 Å². The van der Waals surface area contributed by atoms with Crippen molar-refractivity contribution in [1.82, 2.24) is 14.9 Å². The highest BCUT2D eigenvalue weighted by Gasteiger charge is 2.10. The Bertz CT molecular complexity index is 1060. The molecule has 34 heavy (non-hydrogen) atoms. The van der Waals surface area contributed by atoms with Gasteiger partial charge in [-0.1, -0.05) is 30.2 Å². The summed E-state index contributed by atoms with van der Waals surface area (Å²) in [5, 5.41) is 3.68. The lowest BCUT2D eigenvalue weighted by molar-refractivity contribution is -0.124. The minimum Gasteiger partial charge on any atom is -0.494 e. The number of hydrogen-bond donors (Lipinski definition) is 1. The van der Waals surface area contributed by atoms with Crippen molar-refractivity contribution in [2.75, 3.05) is 26.9 Å². The Kier molecular flexibility index (Phi) is 10.2. The maximum atomic E-state index is 11.4. The number of carbonyl (C=O) groups excluding carboxylic acids is 1. The molecule has 0 saturated carbocycles. The second kappa shape index (κ2) is 13.4. The number of halogens is 1. The van der Waals surface area contributed by atoms with Gasteiger partial charge in [-0.15, -0.1) is 0 Å². The van der Waals surface area contributed by atoms with Gasteiger partial charge in [0.25, 0.3) is 0 Å². The molecule has 0 aliphatic heterocycles. The van der Waals surface area contributed by atoms with Crippen molar-refractivity contribution >= 4 is 28.5 Å². The van der Waals surface area contributed by atoms with Crippen LogP contribution in [0.2, 0.25) is 5.02 Å². The molecule has 0 unspecified atom stereocenters. The number of rotatable bonds is 14. The Morgan fingerprint density at radius 3 is 2.59 bits per heavy atom. The van der Waals surface area contributed by atoms with E-state index in [0.29, 0.717) is 13.2 Å². The normalized spacial score (nSPS) is 11.2. The molecule has 6 nitrogen and oxygen atoms in total. The summed E-state index contributed by atoms with van der Waals surface area (Å²) in [4.78, 5) is 16.3. The number of nitrogens with zero attached hydrogens (tertiary/aromatic N) is 2. The third-order valence-corrected chi connectivity index (χ3v) is 6.46. The van der Waals surface area contributed by atoms with E-state index in [9.17, 15) is 4.79 Å². The Balaban J connectivity index is 1.47. The van der Waals surface area contributed by atoms with Crippen LogP contribution in [-0.4, -0.2) is 42.3 Å². The number of unbranched alkanes of at least 4 members (excludes halogenated alkanes) is 3. The number of hydrogen-bond acceptors (Lipinski definition) is 4. The molecule has 0 radical (unpaired) electrons. The molecule has 3 aromatic rings. The molecule has 0 fully saturated rings. The maximum Gasteiger partial charge on any atom is 0.245 e. The van der Waals surface area contributed by atoms with Crippen molar-refractivity contribution < 1.29 is 14.3 Å². The molecule has 7 heteroatoms. The van der Waals surface area contributed by atoms with Gasteiger partial charge in [0, 0.05) is 31.6 Å². The molecule has 2 aromatic carbocycles. The zero-order chi connectivity index (χ0) is 24.3. The molecule has 1 N–H and O–H groups in total. The van der Waals surface area contributed by atoms with E-state index >= 15 is 0 Å². The predicted octanol–water partition coefficient (Wildman–Crippen LogP) is 5.64. The van der Waals surface area contributed by atoms with Crippen LogP contribution in [0.1, 0.15) is 49.1 Å². The first-order valence-corrected chi connectivity index (χ1v) is 12.5. The number of benzene rings is 2. The van der Waals surface area contributed by atoms with E-state index in [4.69, 9.17) is 26.1 Å². The highest BCUT2D eigenvalue weighted by molar-refractivity contribution is 6.32. The van der Waals surface area contributed by atoms with E-state index in [1.165, 1.54) is 12.6 Å². The fourth-order valence-corrected chi connectivity index (χ4v) is 4.22. The summed E-state index contributed by atoms with van der Waals surface area (Å²) in [7, 11) is 1.53. The highest BCUT2D eigenvalue weighted by Crippen LogP contribution is 2.26. The Morgan fingerprint density at radius 2 is 1.82 bits per heavy atom. The minimum atomic E-state index is -0.0606. The number of amides is 1. The minimum absolute atomic E-state index is 0.0606. The van der Waals surface area contributed by atoms with Crippen LogP contribution in [0.25, 0.3) is 11.0 Å². The summed E-state index contributed by atoms with van der Waals surface area (Å²) >= 11 is 6.25. The van der Waals surface area contributed by atoms with Gasteiger partial charge in [-0.2, -0.15) is 0 Å². The van der Waals surface area contributed by atoms with Gasteiger partial charge in [-0.05, 0) is 74.9 Å². The van der Waals surface area contributed by atoms with Crippen molar-refractivity contribution in [2.24, 2.45) is 0 Å². The number of ether oxygens (including phenoxy) is 2. The summed E-state index contributed by atoms with van der Waals surface area (Å²) in [5.41, 5.74) is 4.33. The summed E-state index contributed by atoms with van der Waals surface area (Å²) in [6.07, 6.45) is 5.96. The lowest BCUT2D eigenvalue weighted by atomic mass is 10.1. The Hall–Kier alpha value is -2.57. The molecule has 0 aliphatic carbocycles. The fourth-order valence-electron chi connectivity index (χ4n) is 4.11. The molecule has 0 aliphatic rings. The second-order valence-corrected chi connectivity index (χ2v) is 9.07. The van der Waals surface area contributed by atoms with Crippen molar-refractivity contribution in [3.63, 3.8) is 0 Å². The zero-order valence-corrected chi connectivity index (χ0v) is 21.3. The second-order valence-electron chi connectivity index (χ2n) is 8.69. The molecule has 0 spiro atoms. The molecule has 0 atom stereocenters. The van der Waals surface area contributed by atoms with Gasteiger partial charge in [0.2, 0.25) is 5.91 Å². The van der Waals surface area contributed by atoms with Crippen LogP contribution in [0.3, 0.4) is 0 Å². The molecule has 0 bridgehead atoms. The molecule has 1 aromatic heterocycles. The van der Waals surface area contributed by atoms with Crippen LogP contribution in [0, 0.1) is 13.8 Å². The van der Waals surface area contributed by atoms with Gasteiger partial charge in [0.1, 0.15) is 18.2 Å². The number of carbonyl (C=O) groups is 1. The number of aryl methyl sites for hydroxylation is 4. The highest BCUT2D eigenvalue weighted by atomic mass is 35.5. The van der Waals surface area contributed by atoms with E-state index in [0.717, 1.165) is 78.3 Å². The summed E-state index contributed by atoms with van der Waals surface area (Å²) in [6, 6.07) is 12.3. The molecule has 0 saturated heterocycles. The van der Waals surface area contributed by atoms with E-state index < -0.39 is 0 Å². The zero-order valence-electron chi connectivity index (χ0n) is 20.5. The predicted molar refractivity (Wildman–Crippen MR) is 138 cm³/mol. The summed E-state index contributed by atoms with van der Waals surface area (Å²) in [6.45, 7) is 6.41. The van der Waals surface area contributed by atoms with Gasteiger partial charge in [0.15, 0.2) is 0 Å². The van der Waals surface area contributed by atoms with Crippen LogP contribution < -0.4 is 10.1 Å². The quantitative estimate of drug-likeness (QED) is 0.300. The smallest absolute Gasteiger partial charge is 0.245 e. The van der Waals surface area contributed by atoms with E-state index in [2.05, 4.69) is 28.1 Å². The molecule has 1 heterocycles. The summed E-state index contributed by atoms with van der Waals surface area (Å²) in [5.74, 6) is 1.95. The third kappa shape index (κ3) is 7.47. The largest absolute Gasteiger partial charge is 0.494 e. The van der Waals surface area contributed by atoms with Crippen LogP contribution in [0.4, 0.5) is 0 Å². The van der Waals surface area contributed by atoms with Crippen molar-refractivity contribution in [3.05, 3.63) is 58.4 Å². The van der Waals surface area contributed by atoms with Gasteiger partial charge in [-0.25, -0.2) is 4.98 Å². The van der Waals surface area contributed by atoms with Crippen LogP contribution in [0.5, 0.6) is 5.75 Å². The SMILES string of the molecule is COCC(=O)NCCCCCc1nc2ccccc2n1CCCCOc1cc(C)c(Cl)c(C)c1. The standard InChI is InChI=1S/C27H36ClN3O3/c1-20-17-22(18-21(2)27(20)28)34-16-10-9-15-31-24-12-7-6-11-23(24)30-25(31)13-5-4-8-14-29-26(32)19-33-3/h6-7,11-12,17-18H,4-5,8-10,13-16,19H2,1-3H3,(H,29,32). The Morgan fingerprint density at radius 1 is 1.06 bits per heavy atom. The molecule has 1 amide bonds. The topological polar surface area (TPSA) is 65.4 Å². The van der Waals surface area contributed by atoms with Gasteiger partial charge >= 0.3 is 0 Å². The average molecular weight is 486 g/mol. The monoisotopic (exact) mass is 485 g/mol. The Labute approximate surface area is 207 Å². The van der Waals surface area contributed by atoms with Crippen LogP contribution in [0.15, 0.2) is 36.4 Å². The van der Waals surface area contributed by atoms with Crippen LogP contribution in [-0.2, 0) is 22.5 Å². The number of fused-ring (bicyclic) bond motifs is 1. The first kappa shape index (κ1) is 26.0. The van der Waals surface area contributed by atoms with Gasteiger partial charge in [-0.3, -0.25) is 4.79 Å². The number of aromatic nitrogens is 2. The average Bonchev–Trinajstić information content (AvgIpc) is 3.17. The lowest BCUT2D eigenvalue weighted by Gasteiger charge is -2.12. The number of methoxy groups -OCH3 is 1. The summed E-state index contributed by atoms with van der Waals surface area (Å²) < 4.78 is 13.2. The number of para-hydroxylation sites is 2. The van der Waals surface area contributed by atoms with Crippen molar-refractivity contribution in [1.29, 1.82) is 0 Å². The maximum absolute atomic E-state index is 11.4. The first-order valence-electron chi connectivity index (χ1n) is 12.1. The molecule has 3 rings (SSSR count). The van der Waals surface area contributed by atoms with Crippen LogP contribution >= 0.6 is 11.6 Å².